The largest absolute Gasteiger partial charge is 0.445 e. The quantitative estimate of drug-likeness (QED) is 0.608. The van der Waals surface area contributed by atoms with Gasteiger partial charge in [0.2, 0.25) is 5.89 Å². The van der Waals surface area contributed by atoms with Gasteiger partial charge in [-0.2, -0.15) is 0 Å². The first kappa shape index (κ1) is 16.5. The van der Waals surface area contributed by atoms with Crippen LogP contribution in [0.2, 0.25) is 0 Å². The normalized spacial score (nSPS) is 10.9. The summed E-state index contributed by atoms with van der Waals surface area (Å²) in [5.74, 6) is 0.660. The Kier molecular flexibility index (Phi) is 5.44. The van der Waals surface area contributed by atoms with Gasteiger partial charge in [-0.3, -0.25) is 0 Å². The summed E-state index contributed by atoms with van der Waals surface area (Å²) in [4.78, 5) is 4.24. The van der Waals surface area contributed by atoms with Crippen molar-refractivity contribution in [2.45, 2.75) is 33.2 Å². The first-order chi connectivity index (χ1) is 11.8. The monoisotopic (exact) mass is 320 g/mol. The van der Waals surface area contributed by atoms with Crippen LogP contribution in [0.5, 0.6) is 0 Å². The van der Waals surface area contributed by atoms with Crippen molar-refractivity contribution in [2.24, 2.45) is 0 Å². The van der Waals surface area contributed by atoms with Crippen LogP contribution < -0.4 is 5.32 Å². The van der Waals surface area contributed by atoms with E-state index in [1.807, 2.05) is 0 Å². The molecule has 0 unspecified atom stereocenters. The fourth-order valence-corrected chi connectivity index (χ4v) is 2.77. The lowest BCUT2D eigenvalue weighted by Gasteiger charge is -2.09. The van der Waals surface area contributed by atoms with E-state index in [0.717, 1.165) is 18.7 Å². The standard InChI is InChI=1S/C21H24N2O/c1-3-4-11-22-15-17-6-9-18(10-7-17)20-14-19(8-5-16(20)2)21-23-12-13-24-21/h5-10,12-14,22H,3-4,11,15H2,1-2H3. The van der Waals surface area contributed by atoms with Crippen LogP contribution in [0.3, 0.4) is 0 Å². The molecule has 0 fully saturated rings. The van der Waals surface area contributed by atoms with Gasteiger partial charge < -0.3 is 9.73 Å². The highest BCUT2D eigenvalue weighted by molar-refractivity contribution is 5.72. The fourth-order valence-electron chi connectivity index (χ4n) is 2.77. The molecule has 24 heavy (non-hydrogen) atoms. The molecule has 0 saturated heterocycles. The van der Waals surface area contributed by atoms with E-state index in [1.165, 1.54) is 35.1 Å². The molecule has 3 rings (SSSR count). The lowest BCUT2D eigenvalue weighted by molar-refractivity contribution is 0.574. The average Bonchev–Trinajstić information content (AvgIpc) is 3.14. The summed E-state index contributed by atoms with van der Waals surface area (Å²) < 4.78 is 5.41. The molecule has 3 aromatic rings. The third kappa shape index (κ3) is 3.92. The number of nitrogens with one attached hydrogen (secondary N) is 1. The van der Waals surface area contributed by atoms with E-state index in [-0.39, 0.29) is 0 Å². The maximum atomic E-state index is 5.41. The Balaban J connectivity index is 1.77. The van der Waals surface area contributed by atoms with Gasteiger partial charge in [-0.1, -0.05) is 43.7 Å². The fraction of sp³-hybridized carbons (Fsp3) is 0.286. The van der Waals surface area contributed by atoms with Gasteiger partial charge in [0.1, 0.15) is 6.26 Å². The van der Waals surface area contributed by atoms with Gasteiger partial charge in [-0.25, -0.2) is 4.98 Å². The van der Waals surface area contributed by atoms with Gasteiger partial charge >= 0.3 is 0 Å². The van der Waals surface area contributed by atoms with Gasteiger partial charge in [0, 0.05) is 12.1 Å². The molecule has 0 amide bonds. The summed E-state index contributed by atoms with van der Waals surface area (Å²) >= 11 is 0. The van der Waals surface area contributed by atoms with Crippen molar-refractivity contribution in [1.29, 1.82) is 0 Å². The van der Waals surface area contributed by atoms with Crippen LogP contribution in [-0.4, -0.2) is 11.5 Å². The molecule has 0 atom stereocenters. The van der Waals surface area contributed by atoms with E-state index in [1.54, 1.807) is 12.5 Å². The van der Waals surface area contributed by atoms with Crippen LogP contribution in [0.15, 0.2) is 59.3 Å². The maximum Gasteiger partial charge on any atom is 0.225 e. The zero-order valence-electron chi connectivity index (χ0n) is 14.4. The molecule has 124 valence electrons. The van der Waals surface area contributed by atoms with Gasteiger partial charge in [0.15, 0.2) is 0 Å². The molecule has 1 heterocycles. The molecular formula is C21H24N2O. The van der Waals surface area contributed by atoms with E-state index in [2.05, 4.69) is 66.6 Å². The molecule has 3 nitrogen and oxygen atoms in total. The molecular weight excluding hydrogens is 296 g/mol. The maximum absolute atomic E-state index is 5.41. The molecule has 2 aromatic carbocycles. The summed E-state index contributed by atoms with van der Waals surface area (Å²) in [7, 11) is 0. The molecule has 0 saturated carbocycles. The Bertz CT molecular complexity index is 761. The number of hydrogen-bond acceptors (Lipinski definition) is 3. The molecule has 1 aromatic heterocycles. The van der Waals surface area contributed by atoms with Gasteiger partial charge in [-0.15, -0.1) is 0 Å². The van der Waals surface area contributed by atoms with Crippen molar-refractivity contribution in [2.75, 3.05) is 6.54 Å². The Morgan fingerprint density at radius 3 is 2.54 bits per heavy atom. The number of nitrogens with zero attached hydrogens (tertiary/aromatic N) is 1. The second kappa shape index (κ2) is 7.93. The Morgan fingerprint density at radius 2 is 1.83 bits per heavy atom. The Morgan fingerprint density at radius 1 is 1.04 bits per heavy atom. The van der Waals surface area contributed by atoms with Crippen molar-refractivity contribution in [3.8, 4) is 22.6 Å². The number of oxazole rings is 1. The third-order valence-corrected chi connectivity index (χ3v) is 4.22. The van der Waals surface area contributed by atoms with E-state index in [9.17, 15) is 0 Å². The lowest BCUT2D eigenvalue weighted by Crippen LogP contribution is -2.14. The van der Waals surface area contributed by atoms with Crippen molar-refractivity contribution in [1.82, 2.24) is 10.3 Å². The minimum Gasteiger partial charge on any atom is -0.445 e. The zero-order valence-corrected chi connectivity index (χ0v) is 14.4. The van der Waals surface area contributed by atoms with Crippen LogP contribution in [0, 0.1) is 6.92 Å². The van der Waals surface area contributed by atoms with Crippen molar-refractivity contribution < 1.29 is 4.42 Å². The van der Waals surface area contributed by atoms with Gasteiger partial charge in [-0.05, 0) is 54.3 Å². The number of hydrogen-bond donors (Lipinski definition) is 1. The van der Waals surface area contributed by atoms with Crippen molar-refractivity contribution >= 4 is 0 Å². The van der Waals surface area contributed by atoms with Crippen molar-refractivity contribution in [3.05, 3.63) is 66.1 Å². The van der Waals surface area contributed by atoms with Crippen LogP contribution in [0.1, 0.15) is 30.9 Å². The molecule has 0 aliphatic rings. The Hall–Kier alpha value is -2.39. The summed E-state index contributed by atoms with van der Waals surface area (Å²) in [5.41, 5.74) is 6.01. The summed E-state index contributed by atoms with van der Waals surface area (Å²) in [6, 6.07) is 15.1. The topological polar surface area (TPSA) is 38.1 Å². The predicted molar refractivity (Wildman–Crippen MR) is 98.7 cm³/mol. The minimum atomic E-state index is 0.660. The summed E-state index contributed by atoms with van der Waals surface area (Å²) in [6.45, 7) is 6.35. The second-order valence-electron chi connectivity index (χ2n) is 6.09. The van der Waals surface area contributed by atoms with Crippen LogP contribution in [0.25, 0.3) is 22.6 Å². The van der Waals surface area contributed by atoms with Crippen LogP contribution >= 0.6 is 0 Å². The highest BCUT2D eigenvalue weighted by Gasteiger charge is 2.08. The predicted octanol–water partition coefficient (Wildman–Crippen LogP) is 5.21. The van der Waals surface area contributed by atoms with Crippen molar-refractivity contribution in [3.63, 3.8) is 0 Å². The lowest BCUT2D eigenvalue weighted by atomic mass is 9.97. The number of aryl methyl sites for hydroxylation is 1. The second-order valence-corrected chi connectivity index (χ2v) is 6.09. The zero-order chi connectivity index (χ0) is 16.8. The summed E-state index contributed by atoms with van der Waals surface area (Å²) in [6.07, 6.45) is 5.74. The highest BCUT2D eigenvalue weighted by atomic mass is 16.3. The van der Waals surface area contributed by atoms with Gasteiger partial charge in [0.25, 0.3) is 0 Å². The summed E-state index contributed by atoms with van der Waals surface area (Å²) in [5, 5.41) is 3.48. The van der Waals surface area contributed by atoms with E-state index in [4.69, 9.17) is 4.42 Å². The minimum absolute atomic E-state index is 0.660. The Labute approximate surface area is 143 Å². The van der Waals surface area contributed by atoms with E-state index < -0.39 is 0 Å². The molecule has 0 aliphatic heterocycles. The highest BCUT2D eigenvalue weighted by Crippen LogP contribution is 2.28. The van der Waals surface area contributed by atoms with Crippen LogP contribution in [0.4, 0.5) is 0 Å². The average molecular weight is 320 g/mol. The molecule has 3 heteroatoms. The first-order valence-electron chi connectivity index (χ1n) is 8.58. The number of unbranched alkanes of at least 4 members (excludes halogenated alkanes) is 1. The number of benzene rings is 2. The number of rotatable bonds is 7. The SMILES string of the molecule is CCCCNCc1ccc(-c2cc(-c3ncco3)ccc2C)cc1. The number of aromatic nitrogens is 1. The molecule has 0 spiro atoms. The van der Waals surface area contributed by atoms with Gasteiger partial charge in [0.05, 0.1) is 6.20 Å². The molecule has 0 radical (unpaired) electrons. The molecule has 0 bridgehead atoms. The smallest absolute Gasteiger partial charge is 0.225 e. The first-order valence-corrected chi connectivity index (χ1v) is 8.58. The molecule has 1 N–H and O–H groups in total. The van der Waals surface area contributed by atoms with E-state index in [0.29, 0.717) is 5.89 Å². The molecule has 0 aliphatic carbocycles. The van der Waals surface area contributed by atoms with E-state index >= 15 is 0 Å². The van der Waals surface area contributed by atoms with Crippen LogP contribution in [-0.2, 0) is 6.54 Å². The third-order valence-electron chi connectivity index (χ3n) is 4.22.